The van der Waals surface area contributed by atoms with Crippen molar-refractivity contribution in [1.82, 2.24) is 4.98 Å². The van der Waals surface area contributed by atoms with Crippen LogP contribution in [0.25, 0.3) is 0 Å². The highest BCUT2D eigenvalue weighted by atomic mass is 35.5. The average Bonchev–Trinajstić information content (AvgIpc) is 2.68. The molecule has 11 heteroatoms. The molecule has 0 saturated carbocycles. The first-order valence-corrected chi connectivity index (χ1v) is 10.9. The van der Waals surface area contributed by atoms with Crippen molar-refractivity contribution in [3.63, 3.8) is 0 Å². The molecule has 31 heavy (non-hydrogen) atoms. The Balaban J connectivity index is 2.01. The maximum Gasteiger partial charge on any atom is 0.417 e. The fourth-order valence-corrected chi connectivity index (χ4v) is 3.36. The number of hydrogen-bond acceptors (Lipinski definition) is 5. The lowest BCUT2D eigenvalue weighted by atomic mass is 10.1. The zero-order valence-corrected chi connectivity index (χ0v) is 17.4. The van der Waals surface area contributed by atoms with Gasteiger partial charge in [0.2, 0.25) is 5.88 Å². The van der Waals surface area contributed by atoms with E-state index in [0.29, 0.717) is 12.3 Å². The molecule has 1 atom stereocenters. The Hall–Kier alpha value is -3.11. The van der Waals surface area contributed by atoms with Gasteiger partial charge in [-0.1, -0.05) is 29.8 Å². The Morgan fingerprint density at radius 3 is 2.52 bits per heavy atom. The summed E-state index contributed by atoms with van der Waals surface area (Å²) in [7, 11) is -3.06. The van der Waals surface area contributed by atoms with Crippen LogP contribution in [0.3, 0.4) is 0 Å². The zero-order chi connectivity index (χ0) is 22.8. The number of rotatable bonds is 5. The number of halogens is 4. The summed E-state index contributed by atoms with van der Waals surface area (Å²) in [5.74, 6) is -1.22. The number of nitrogens with one attached hydrogen (secondary N) is 2. The van der Waals surface area contributed by atoms with Crippen LogP contribution in [-0.4, -0.2) is 21.4 Å². The minimum atomic E-state index is -4.73. The first-order chi connectivity index (χ1) is 14.4. The third-order valence-corrected chi connectivity index (χ3v) is 5.47. The summed E-state index contributed by atoms with van der Waals surface area (Å²) in [4.78, 5) is 16.6. The Morgan fingerprint density at radius 1 is 1.16 bits per heavy atom. The van der Waals surface area contributed by atoms with Crippen molar-refractivity contribution in [2.24, 2.45) is 0 Å². The maximum atomic E-state index is 13.2. The second-order valence-corrected chi connectivity index (χ2v) is 9.00. The Labute approximate surface area is 181 Å². The minimum Gasteiger partial charge on any atom is -0.437 e. The van der Waals surface area contributed by atoms with Crippen LogP contribution < -0.4 is 10.1 Å². The second-order valence-electron chi connectivity index (χ2n) is 6.43. The number of hydrogen-bond donors (Lipinski definition) is 2. The molecule has 0 aliphatic heterocycles. The van der Waals surface area contributed by atoms with Gasteiger partial charge in [-0.2, -0.15) is 13.2 Å². The highest BCUT2D eigenvalue weighted by Gasteiger charge is 2.33. The number of pyridine rings is 1. The number of aromatic nitrogens is 1. The molecule has 0 aliphatic carbocycles. The molecule has 0 saturated heterocycles. The molecule has 6 nitrogen and oxygen atoms in total. The van der Waals surface area contributed by atoms with Crippen molar-refractivity contribution in [2.75, 3.05) is 11.6 Å². The van der Waals surface area contributed by atoms with Crippen molar-refractivity contribution in [1.29, 1.82) is 4.78 Å². The van der Waals surface area contributed by atoms with E-state index in [4.69, 9.17) is 21.1 Å². The molecule has 162 valence electrons. The summed E-state index contributed by atoms with van der Waals surface area (Å²) in [6.07, 6.45) is -2.97. The van der Waals surface area contributed by atoms with Gasteiger partial charge in [0.25, 0.3) is 5.91 Å². The Bertz CT molecular complexity index is 1250. The highest BCUT2D eigenvalue weighted by molar-refractivity contribution is 7.91. The number of para-hydroxylation sites is 1. The number of alkyl halides is 3. The number of nitrogens with zero attached hydrogens (tertiary/aromatic N) is 1. The molecule has 0 fully saturated rings. The van der Waals surface area contributed by atoms with E-state index in [1.165, 1.54) is 42.7 Å². The predicted molar refractivity (Wildman–Crippen MR) is 110 cm³/mol. The SMILES string of the molecule is CS(=N)(=O)c1cccc(NC(=O)c2cc(C(F)(F)F)cnc2Oc2ccccc2Cl)c1. The van der Waals surface area contributed by atoms with Gasteiger partial charge in [-0.15, -0.1) is 0 Å². The standard InChI is InChI=1S/C20H15ClF3N3O3S/c1-31(25,29)14-6-4-5-13(10-14)27-18(28)15-9-12(20(22,23)24)11-26-19(15)30-17-8-3-2-7-16(17)21/h2-11,25H,1H3,(H,27,28). The van der Waals surface area contributed by atoms with Crippen LogP contribution in [0.1, 0.15) is 15.9 Å². The lowest BCUT2D eigenvalue weighted by Crippen LogP contribution is -2.16. The lowest BCUT2D eigenvalue weighted by Gasteiger charge is -2.14. The molecule has 3 aromatic rings. The van der Waals surface area contributed by atoms with E-state index in [9.17, 15) is 22.2 Å². The zero-order valence-electron chi connectivity index (χ0n) is 15.9. The number of carbonyl (C=O) groups excluding carboxylic acids is 1. The molecule has 2 aromatic carbocycles. The summed E-state index contributed by atoms with van der Waals surface area (Å²) < 4.78 is 64.6. The molecular weight excluding hydrogens is 455 g/mol. The smallest absolute Gasteiger partial charge is 0.417 e. The fourth-order valence-electron chi connectivity index (χ4n) is 2.50. The molecule has 3 rings (SSSR count). The largest absolute Gasteiger partial charge is 0.437 e. The van der Waals surface area contributed by atoms with Gasteiger partial charge in [-0.05, 0) is 36.4 Å². The maximum absolute atomic E-state index is 13.2. The number of anilines is 1. The van der Waals surface area contributed by atoms with Gasteiger partial charge in [0.05, 0.1) is 20.3 Å². The van der Waals surface area contributed by atoms with Crippen LogP contribution >= 0.6 is 11.6 Å². The van der Waals surface area contributed by atoms with Crippen LogP contribution in [0.15, 0.2) is 65.7 Å². The van der Waals surface area contributed by atoms with E-state index >= 15 is 0 Å². The lowest BCUT2D eigenvalue weighted by molar-refractivity contribution is -0.137. The molecule has 1 aromatic heterocycles. The van der Waals surface area contributed by atoms with Crippen molar-refractivity contribution >= 4 is 32.9 Å². The van der Waals surface area contributed by atoms with E-state index in [2.05, 4.69) is 10.3 Å². The molecule has 0 aliphatic rings. The number of benzene rings is 2. The molecule has 1 heterocycles. The van der Waals surface area contributed by atoms with Crippen LogP contribution in [0.2, 0.25) is 5.02 Å². The monoisotopic (exact) mass is 469 g/mol. The normalized spacial score (nSPS) is 13.3. The van der Waals surface area contributed by atoms with Crippen molar-refractivity contribution in [2.45, 2.75) is 11.1 Å². The van der Waals surface area contributed by atoms with Gasteiger partial charge in [0, 0.05) is 23.0 Å². The Morgan fingerprint density at radius 2 is 1.87 bits per heavy atom. The van der Waals surface area contributed by atoms with E-state index in [1.54, 1.807) is 12.1 Å². The number of carbonyl (C=O) groups is 1. The molecule has 0 radical (unpaired) electrons. The first-order valence-electron chi connectivity index (χ1n) is 8.60. The van der Waals surface area contributed by atoms with Crippen molar-refractivity contribution in [3.8, 4) is 11.6 Å². The summed E-state index contributed by atoms with van der Waals surface area (Å²) in [6, 6.07) is 12.5. The van der Waals surface area contributed by atoms with Crippen LogP contribution in [0.5, 0.6) is 11.6 Å². The minimum absolute atomic E-state index is 0.104. The van der Waals surface area contributed by atoms with E-state index in [1.807, 2.05) is 0 Å². The summed E-state index contributed by atoms with van der Waals surface area (Å²) in [5, 5.41) is 2.60. The molecule has 2 N–H and O–H groups in total. The first kappa shape index (κ1) is 22.6. The average molecular weight is 470 g/mol. The van der Waals surface area contributed by atoms with E-state index in [0.717, 1.165) is 0 Å². The topological polar surface area (TPSA) is 92.1 Å². The van der Waals surface area contributed by atoms with Gasteiger partial charge in [-0.3, -0.25) is 4.79 Å². The van der Waals surface area contributed by atoms with Gasteiger partial charge in [0.1, 0.15) is 11.3 Å². The second kappa shape index (κ2) is 8.56. The van der Waals surface area contributed by atoms with Crippen LogP contribution in [0, 0.1) is 4.78 Å². The number of amides is 1. The van der Waals surface area contributed by atoms with Gasteiger partial charge in [-0.25, -0.2) is 14.0 Å². The molecule has 0 spiro atoms. The van der Waals surface area contributed by atoms with Crippen LogP contribution in [-0.2, 0) is 15.9 Å². The van der Waals surface area contributed by atoms with Gasteiger partial charge >= 0.3 is 6.18 Å². The highest BCUT2D eigenvalue weighted by Crippen LogP contribution is 2.34. The third kappa shape index (κ3) is 5.53. The number of ether oxygens (including phenoxy) is 1. The van der Waals surface area contributed by atoms with Crippen molar-refractivity contribution < 1.29 is 26.9 Å². The van der Waals surface area contributed by atoms with Crippen LogP contribution in [0.4, 0.5) is 18.9 Å². The molecule has 0 bridgehead atoms. The van der Waals surface area contributed by atoms with E-state index in [-0.39, 0.29) is 27.2 Å². The summed E-state index contributed by atoms with van der Waals surface area (Å²) in [6.45, 7) is 0. The van der Waals surface area contributed by atoms with E-state index < -0.39 is 32.9 Å². The third-order valence-electron chi connectivity index (χ3n) is 4.01. The summed E-state index contributed by atoms with van der Waals surface area (Å²) >= 11 is 6.02. The Kier molecular flexibility index (Phi) is 6.23. The summed E-state index contributed by atoms with van der Waals surface area (Å²) in [5.41, 5.74) is -1.48. The molecule has 1 amide bonds. The van der Waals surface area contributed by atoms with Crippen molar-refractivity contribution in [3.05, 3.63) is 76.9 Å². The van der Waals surface area contributed by atoms with Gasteiger partial charge in [0.15, 0.2) is 0 Å². The fraction of sp³-hybridized carbons (Fsp3) is 0.100. The predicted octanol–water partition coefficient (Wildman–Crippen LogP) is 5.83. The molecular formula is C20H15ClF3N3O3S. The quantitative estimate of drug-likeness (QED) is 0.491. The van der Waals surface area contributed by atoms with Gasteiger partial charge < -0.3 is 10.1 Å². The molecule has 1 unspecified atom stereocenters.